The molecule has 0 aliphatic carbocycles. The van der Waals surface area contributed by atoms with Gasteiger partial charge < -0.3 is 19.1 Å². The van der Waals surface area contributed by atoms with Crippen LogP contribution in [-0.2, 0) is 22.5 Å². The topological polar surface area (TPSA) is 65.1 Å². The zero-order valence-electron chi connectivity index (χ0n) is 21.1. The second-order valence-corrected chi connectivity index (χ2v) is 9.47. The number of hydrogen-bond acceptors (Lipinski definition) is 5. The summed E-state index contributed by atoms with van der Waals surface area (Å²) >= 11 is 0. The van der Waals surface area contributed by atoms with Gasteiger partial charge in [-0.15, -0.1) is 0 Å². The molecule has 1 aliphatic rings. The number of ether oxygens (including phenoxy) is 3. The van der Waals surface area contributed by atoms with Crippen LogP contribution in [0.1, 0.15) is 56.1 Å². The number of benzene rings is 3. The molecule has 0 bridgehead atoms. The third-order valence-corrected chi connectivity index (χ3v) is 5.81. The van der Waals surface area contributed by atoms with Gasteiger partial charge in [0.15, 0.2) is 0 Å². The van der Waals surface area contributed by atoms with Gasteiger partial charge in [0.2, 0.25) is 0 Å². The van der Waals surface area contributed by atoms with Crippen LogP contribution in [-0.4, -0.2) is 31.2 Å². The Balaban J connectivity index is 1.76. The predicted molar refractivity (Wildman–Crippen MR) is 137 cm³/mol. The van der Waals surface area contributed by atoms with Crippen molar-refractivity contribution < 1.29 is 23.8 Å². The van der Waals surface area contributed by atoms with Crippen molar-refractivity contribution in [2.24, 2.45) is 5.92 Å². The minimum Gasteiger partial charge on any atom is -0.492 e. The van der Waals surface area contributed by atoms with Gasteiger partial charge in [-0.25, -0.2) is 0 Å². The Hall–Kier alpha value is -3.54. The Kier molecular flexibility index (Phi) is 7.29. The fourth-order valence-corrected chi connectivity index (χ4v) is 4.32. The van der Waals surface area contributed by atoms with Gasteiger partial charge in [0.25, 0.3) is 5.91 Å². The Bertz CT molecular complexity index is 1230. The normalized spacial score (nSPS) is 13.0. The van der Waals surface area contributed by atoms with Crippen LogP contribution in [0.15, 0.2) is 48.5 Å². The fourth-order valence-electron chi connectivity index (χ4n) is 4.32. The molecule has 184 valence electrons. The molecule has 0 N–H and O–H groups in total. The van der Waals surface area contributed by atoms with Crippen molar-refractivity contribution >= 4 is 28.3 Å². The van der Waals surface area contributed by atoms with E-state index in [2.05, 4.69) is 13.8 Å². The molecular weight excluding hydrogens is 442 g/mol. The lowest BCUT2D eigenvalue weighted by atomic mass is 9.99. The fraction of sp³-hybridized carbons (Fsp3) is 0.379. The van der Waals surface area contributed by atoms with Crippen LogP contribution in [0.5, 0.6) is 11.5 Å². The first-order valence-electron chi connectivity index (χ1n) is 12.2. The largest absolute Gasteiger partial charge is 0.492 e. The van der Waals surface area contributed by atoms with E-state index in [-0.39, 0.29) is 24.4 Å². The Morgan fingerprint density at radius 1 is 0.971 bits per heavy atom. The van der Waals surface area contributed by atoms with Crippen molar-refractivity contribution in [1.29, 1.82) is 0 Å². The molecule has 0 unspecified atom stereocenters. The SMILES string of the molecule is CCOC(=O)Cc1ccc(N2Cc3c(c(OCC(C)C)c4ccccc4c3OC(C)C)C2=O)cc1. The van der Waals surface area contributed by atoms with Gasteiger partial charge in [-0.2, -0.15) is 0 Å². The molecule has 0 fully saturated rings. The third-order valence-electron chi connectivity index (χ3n) is 5.81. The number of hydrogen-bond donors (Lipinski definition) is 0. The highest BCUT2D eigenvalue weighted by Gasteiger charge is 2.37. The van der Waals surface area contributed by atoms with Gasteiger partial charge in [0.1, 0.15) is 11.5 Å². The maximum Gasteiger partial charge on any atom is 0.310 e. The number of amides is 1. The summed E-state index contributed by atoms with van der Waals surface area (Å²) in [5, 5.41) is 1.82. The zero-order valence-corrected chi connectivity index (χ0v) is 21.1. The van der Waals surface area contributed by atoms with Crippen LogP contribution in [0, 0.1) is 5.92 Å². The van der Waals surface area contributed by atoms with E-state index in [0.29, 0.717) is 37.0 Å². The molecule has 35 heavy (non-hydrogen) atoms. The summed E-state index contributed by atoms with van der Waals surface area (Å²) in [6, 6.07) is 15.4. The van der Waals surface area contributed by atoms with Crippen molar-refractivity contribution in [2.45, 2.75) is 53.7 Å². The van der Waals surface area contributed by atoms with Crippen LogP contribution >= 0.6 is 0 Å². The number of carbonyl (C=O) groups is 2. The minimum absolute atomic E-state index is 0.0451. The summed E-state index contributed by atoms with van der Waals surface area (Å²) in [6.45, 7) is 11.2. The van der Waals surface area contributed by atoms with E-state index < -0.39 is 0 Å². The molecule has 0 aromatic heterocycles. The van der Waals surface area contributed by atoms with E-state index >= 15 is 0 Å². The first-order chi connectivity index (χ1) is 16.8. The van der Waals surface area contributed by atoms with Gasteiger partial charge in [-0.05, 0) is 44.4 Å². The van der Waals surface area contributed by atoms with E-state index in [1.807, 2.05) is 62.4 Å². The van der Waals surface area contributed by atoms with Crippen molar-refractivity contribution in [3.05, 3.63) is 65.2 Å². The molecule has 1 aliphatic heterocycles. The lowest BCUT2D eigenvalue weighted by Gasteiger charge is -2.20. The highest BCUT2D eigenvalue weighted by atomic mass is 16.5. The van der Waals surface area contributed by atoms with E-state index in [4.69, 9.17) is 14.2 Å². The highest BCUT2D eigenvalue weighted by molar-refractivity contribution is 6.16. The Morgan fingerprint density at radius 2 is 1.63 bits per heavy atom. The van der Waals surface area contributed by atoms with Gasteiger partial charge >= 0.3 is 5.97 Å². The highest BCUT2D eigenvalue weighted by Crippen LogP contribution is 2.46. The predicted octanol–water partition coefficient (Wildman–Crippen LogP) is 5.93. The molecule has 0 spiro atoms. The lowest BCUT2D eigenvalue weighted by molar-refractivity contribution is -0.142. The lowest BCUT2D eigenvalue weighted by Crippen LogP contribution is -2.23. The number of fused-ring (bicyclic) bond motifs is 2. The molecular formula is C29H33NO5. The summed E-state index contributed by atoms with van der Waals surface area (Å²) in [5.41, 5.74) is 3.01. The van der Waals surface area contributed by atoms with E-state index in [9.17, 15) is 9.59 Å². The molecule has 6 nitrogen and oxygen atoms in total. The van der Waals surface area contributed by atoms with Crippen LogP contribution in [0.3, 0.4) is 0 Å². The second kappa shape index (κ2) is 10.4. The molecule has 0 saturated carbocycles. The quantitative estimate of drug-likeness (QED) is 0.359. The zero-order chi connectivity index (χ0) is 25.1. The molecule has 3 aromatic rings. The molecule has 3 aromatic carbocycles. The van der Waals surface area contributed by atoms with E-state index in [1.165, 1.54) is 0 Å². The van der Waals surface area contributed by atoms with E-state index in [0.717, 1.165) is 33.3 Å². The first kappa shape index (κ1) is 24.6. The maximum absolute atomic E-state index is 13.8. The van der Waals surface area contributed by atoms with Crippen molar-refractivity contribution in [3.8, 4) is 11.5 Å². The summed E-state index contributed by atoms with van der Waals surface area (Å²) in [6.07, 6.45) is 0.156. The number of carbonyl (C=O) groups excluding carboxylic acids is 2. The third kappa shape index (κ3) is 5.11. The van der Waals surface area contributed by atoms with Gasteiger partial charge in [-0.1, -0.05) is 50.2 Å². The molecule has 1 heterocycles. The number of nitrogens with zero attached hydrogens (tertiary/aromatic N) is 1. The summed E-state index contributed by atoms with van der Waals surface area (Å²) in [5.74, 6) is 1.29. The van der Waals surface area contributed by atoms with Crippen molar-refractivity contribution in [3.63, 3.8) is 0 Å². The monoisotopic (exact) mass is 475 g/mol. The molecule has 0 radical (unpaired) electrons. The van der Waals surface area contributed by atoms with Crippen LogP contribution in [0.25, 0.3) is 10.8 Å². The molecule has 6 heteroatoms. The van der Waals surface area contributed by atoms with Gasteiger partial charge in [0.05, 0.1) is 37.8 Å². The van der Waals surface area contributed by atoms with Gasteiger partial charge in [0, 0.05) is 22.0 Å². The second-order valence-electron chi connectivity index (χ2n) is 9.47. The molecule has 0 saturated heterocycles. The number of rotatable bonds is 9. The van der Waals surface area contributed by atoms with Crippen LogP contribution in [0.2, 0.25) is 0 Å². The first-order valence-corrected chi connectivity index (χ1v) is 12.2. The smallest absolute Gasteiger partial charge is 0.310 e. The summed E-state index contributed by atoms with van der Waals surface area (Å²) in [4.78, 5) is 27.4. The number of anilines is 1. The Labute approximate surface area is 206 Å². The summed E-state index contributed by atoms with van der Waals surface area (Å²) in [7, 11) is 0. The molecule has 1 amide bonds. The average molecular weight is 476 g/mol. The number of esters is 1. The van der Waals surface area contributed by atoms with Crippen LogP contribution in [0.4, 0.5) is 5.69 Å². The Morgan fingerprint density at radius 3 is 2.23 bits per heavy atom. The van der Waals surface area contributed by atoms with Crippen molar-refractivity contribution in [1.82, 2.24) is 0 Å². The van der Waals surface area contributed by atoms with Crippen molar-refractivity contribution in [2.75, 3.05) is 18.1 Å². The standard InChI is InChI=1S/C29H33NO5/c1-6-33-25(31)15-20-11-13-21(14-12-20)30-16-24-26(29(30)32)28(34-17-18(2)3)23-10-8-7-9-22(23)27(24)35-19(4)5/h7-14,18-19H,6,15-17H2,1-5H3. The molecule has 0 atom stereocenters. The van der Waals surface area contributed by atoms with Gasteiger partial charge in [-0.3, -0.25) is 9.59 Å². The minimum atomic E-state index is -0.265. The summed E-state index contributed by atoms with van der Waals surface area (Å²) < 4.78 is 17.6. The molecule has 4 rings (SSSR count). The van der Waals surface area contributed by atoms with Crippen LogP contribution < -0.4 is 14.4 Å². The maximum atomic E-state index is 13.8. The van der Waals surface area contributed by atoms with E-state index in [1.54, 1.807) is 11.8 Å². The average Bonchev–Trinajstić information content (AvgIpc) is 3.16.